The van der Waals surface area contributed by atoms with E-state index in [9.17, 15) is 8.42 Å². The van der Waals surface area contributed by atoms with E-state index < -0.39 is 20.7 Å². The molecule has 3 rings (SSSR count). The Morgan fingerprint density at radius 1 is 1.15 bits per heavy atom. The third-order valence-electron chi connectivity index (χ3n) is 4.29. The average Bonchev–Trinajstić information content (AvgIpc) is 2.90. The second-order valence-electron chi connectivity index (χ2n) is 6.18. The molecule has 26 heavy (non-hydrogen) atoms. The van der Waals surface area contributed by atoms with Crippen molar-refractivity contribution in [2.45, 2.75) is 10.3 Å². The van der Waals surface area contributed by atoms with Gasteiger partial charge in [0, 0.05) is 37.1 Å². The van der Waals surface area contributed by atoms with Crippen molar-refractivity contribution in [3.8, 4) is 0 Å². The van der Waals surface area contributed by atoms with Crippen LogP contribution in [-0.2, 0) is 20.7 Å². The van der Waals surface area contributed by atoms with Crippen LogP contribution in [0.15, 0.2) is 58.8 Å². The van der Waals surface area contributed by atoms with Gasteiger partial charge in [-0.25, -0.2) is 12.7 Å². The van der Waals surface area contributed by atoms with Crippen LogP contribution in [0.25, 0.3) is 5.70 Å². The zero-order valence-corrected chi connectivity index (χ0v) is 17.1. The SMILES string of the molecule is CN1C(c2cc(S(=O)(=O)N(C)C)ccc2Cl)=CS(=N)C1c1ccccc1. The van der Waals surface area contributed by atoms with Crippen molar-refractivity contribution in [2.75, 3.05) is 21.1 Å². The minimum Gasteiger partial charge on any atom is -0.357 e. The molecule has 0 amide bonds. The van der Waals surface area contributed by atoms with E-state index in [2.05, 4.69) is 0 Å². The summed E-state index contributed by atoms with van der Waals surface area (Å²) >= 11 is 6.38. The molecule has 0 saturated heterocycles. The van der Waals surface area contributed by atoms with Crippen LogP contribution in [0.5, 0.6) is 0 Å². The van der Waals surface area contributed by atoms with Crippen molar-refractivity contribution < 1.29 is 8.42 Å². The van der Waals surface area contributed by atoms with E-state index in [1.807, 2.05) is 47.7 Å². The van der Waals surface area contributed by atoms with Gasteiger partial charge in [0.25, 0.3) is 0 Å². The molecule has 0 aliphatic carbocycles. The molecule has 0 radical (unpaired) electrons. The first-order chi connectivity index (χ1) is 12.2. The number of nitrogens with zero attached hydrogens (tertiary/aromatic N) is 2. The van der Waals surface area contributed by atoms with Crippen LogP contribution in [0.1, 0.15) is 16.5 Å². The molecule has 0 saturated carbocycles. The van der Waals surface area contributed by atoms with Crippen LogP contribution < -0.4 is 0 Å². The summed E-state index contributed by atoms with van der Waals surface area (Å²) in [6.07, 6.45) is 0. The zero-order chi connectivity index (χ0) is 19.1. The number of hydrogen-bond acceptors (Lipinski definition) is 4. The molecule has 1 N–H and O–H groups in total. The van der Waals surface area contributed by atoms with E-state index in [1.54, 1.807) is 12.1 Å². The lowest BCUT2D eigenvalue weighted by Gasteiger charge is -2.26. The maximum Gasteiger partial charge on any atom is 0.242 e. The Morgan fingerprint density at radius 3 is 2.42 bits per heavy atom. The minimum absolute atomic E-state index is 0.114. The van der Waals surface area contributed by atoms with Crippen molar-refractivity contribution >= 4 is 38.0 Å². The van der Waals surface area contributed by atoms with Crippen LogP contribution in [0.3, 0.4) is 0 Å². The number of sulfonamides is 1. The number of nitrogens with one attached hydrogen (secondary N) is 1. The zero-order valence-electron chi connectivity index (χ0n) is 14.7. The summed E-state index contributed by atoms with van der Waals surface area (Å²) in [6.45, 7) is 0. The van der Waals surface area contributed by atoms with Crippen LogP contribution in [0, 0.1) is 4.78 Å². The summed E-state index contributed by atoms with van der Waals surface area (Å²) in [7, 11) is 0.576. The Bertz CT molecular complexity index is 989. The van der Waals surface area contributed by atoms with Gasteiger partial charge in [-0.05, 0) is 23.8 Å². The molecule has 138 valence electrons. The highest BCUT2D eigenvalue weighted by molar-refractivity contribution is 7.89. The van der Waals surface area contributed by atoms with E-state index in [-0.39, 0.29) is 10.3 Å². The maximum absolute atomic E-state index is 12.5. The van der Waals surface area contributed by atoms with Gasteiger partial charge in [-0.15, -0.1) is 0 Å². The fourth-order valence-corrected chi connectivity index (χ4v) is 5.59. The molecule has 1 heterocycles. The molecule has 8 heteroatoms. The lowest BCUT2D eigenvalue weighted by atomic mass is 10.1. The van der Waals surface area contributed by atoms with E-state index in [0.717, 1.165) is 11.3 Å². The van der Waals surface area contributed by atoms with Gasteiger partial charge in [0.15, 0.2) is 0 Å². The molecule has 1 aliphatic rings. The van der Waals surface area contributed by atoms with E-state index in [1.165, 1.54) is 24.5 Å². The predicted molar refractivity (Wildman–Crippen MR) is 107 cm³/mol. The molecule has 0 aromatic heterocycles. The van der Waals surface area contributed by atoms with Gasteiger partial charge in [-0.2, -0.15) is 0 Å². The lowest BCUT2D eigenvalue weighted by molar-refractivity contribution is 0.468. The van der Waals surface area contributed by atoms with Gasteiger partial charge in [-0.1, -0.05) is 52.6 Å². The highest BCUT2D eigenvalue weighted by Crippen LogP contribution is 2.41. The summed E-state index contributed by atoms with van der Waals surface area (Å²) in [6, 6.07) is 14.5. The molecule has 0 bridgehead atoms. The highest BCUT2D eigenvalue weighted by atomic mass is 35.5. The van der Waals surface area contributed by atoms with Gasteiger partial charge in [0.05, 0.1) is 10.6 Å². The standard InChI is InChI=1S/C18H20ClN3O2S2/c1-21(2)26(23,24)14-9-10-16(19)15(11-14)17-12-25(20)18(22(17)3)13-7-5-4-6-8-13/h4-12,18,20H,1-3H3. The summed E-state index contributed by atoms with van der Waals surface area (Å²) in [5, 5.41) is 2.20. The van der Waals surface area contributed by atoms with Crippen molar-refractivity contribution in [1.82, 2.24) is 9.21 Å². The first-order valence-electron chi connectivity index (χ1n) is 7.88. The van der Waals surface area contributed by atoms with Gasteiger partial charge >= 0.3 is 0 Å². The van der Waals surface area contributed by atoms with Crippen LogP contribution in [0.2, 0.25) is 5.02 Å². The summed E-state index contributed by atoms with van der Waals surface area (Å²) < 4.78 is 34.6. The first-order valence-corrected chi connectivity index (χ1v) is 11.1. The van der Waals surface area contributed by atoms with Crippen LogP contribution in [0.4, 0.5) is 0 Å². The molecule has 2 unspecified atom stereocenters. The van der Waals surface area contributed by atoms with Gasteiger partial charge in [0.2, 0.25) is 10.0 Å². The second kappa shape index (κ2) is 7.15. The Kier molecular flexibility index (Phi) is 5.25. The minimum atomic E-state index is -3.56. The molecule has 0 spiro atoms. The Labute approximate surface area is 161 Å². The van der Waals surface area contributed by atoms with Gasteiger partial charge in [0.1, 0.15) is 5.37 Å². The fraction of sp³-hybridized carbons (Fsp3) is 0.222. The van der Waals surface area contributed by atoms with Crippen molar-refractivity contribution in [3.05, 3.63) is 70.1 Å². The summed E-state index contributed by atoms with van der Waals surface area (Å²) in [5.41, 5.74) is 2.45. The van der Waals surface area contributed by atoms with E-state index in [0.29, 0.717) is 10.6 Å². The molecular weight excluding hydrogens is 390 g/mol. The molecule has 1 aliphatic heterocycles. The third-order valence-corrected chi connectivity index (χ3v) is 7.98. The molecule has 5 nitrogen and oxygen atoms in total. The molecule has 2 aromatic rings. The van der Waals surface area contributed by atoms with Crippen molar-refractivity contribution in [2.24, 2.45) is 0 Å². The first kappa shape index (κ1) is 19.1. The maximum atomic E-state index is 12.5. The third kappa shape index (κ3) is 3.32. The Morgan fingerprint density at radius 2 is 1.81 bits per heavy atom. The normalized spacial score (nSPS) is 20.5. The molecule has 0 fully saturated rings. The molecule has 2 aromatic carbocycles. The van der Waals surface area contributed by atoms with Crippen LogP contribution >= 0.6 is 11.6 Å². The quantitative estimate of drug-likeness (QED) is 0.832. The summed E-state index contributed by atoms with van der Waals surface area (Å²) in [5.74, 6) is 0. The van der Waals surface area contributed by atoms with Crippen molar-refractivity contribution in [1.29, 1.82) is 4.78 Å². The Hall–Kier alpha value is -1.67. The van der Waals surface area contributed by atoms with Gasteiger partial charge in [-0.3, -0.25) is 4.78 Å². The predicted octanol–water partition coefficient (Wildman–Crippen LogP) is 3.91. The number of benzene rings is 2. The monoisotopic (exact) mass is 409 g/mol. The average molecular weight is 410 g/mol. The fourth-order valence-electron chi connectivity index (χ4n) is 2.88. The number of hydrogen-bond donors (Lipinski definition) is 1. The van der Waals surface area contributed by atoms with E-state index in [4.69, 9.17) is 16.4 Å². The van der Waals surface area contributed by atoms with E-state index >= 15 is 0 Å². The summed E-state index contributed by atoms with van der Waals surface area (Å²) in [4.78, 5) is 2.18. The number of rotatable bonds is 4. The lowest BCUT2D eigenvalue weighted by Crippen LogP contribution is -2.23. The number of halogens is 1. The highest BCUT2D eigenvalue weighted by Gasteiger charge is 2.30. The largest absolute Gasteiger partial charge is 0.357 e. The Balaban J connectivity index is 2.05. The van der Waals surface area contributed by atoms with Crippen LogP contribution in [-0.4, -0.2) is 38.8 Å². The molecule has 2 atom stereocenters. The van der Waals surface area contributed by atoms with Crippen molar-refractivity contribution in [3.63, 3.8) is 0 Å². The van der Waals surface area contributed by atoms with Gasteiger partial charge < -0.3 is 4.90 Å². The molecular formula is C18H20ClN3O2S2. The second-order valence-corrected chi connectivity index (χ2v) is 10.2. The smallest absolute Gasteiger partial charge is 0.242 e. The topological polar surface area (TPSA) is 64.5 Å².